The molecule has 2 aliphatic heterocycles. The van der Waals surface area contributed by atoms with Crippen molar-refractivity contribution in [2.75, 3.05) is 31.1 Å². The van der Waals surface area contributed by atoms with E-state index in [4.69, 9.17) is 18.3 Å². The fraction of sp³-hybridized carbons (Fsp3) is 0.125. The first-order valence-corrected chi connectivity index (χ1v) is 49.3. The lowest BCUT2D eigenvalue weighted by Crippen LogP contribution is -2.33. The first kappa shape index (κ1) is 96.0. The summed E-state index contributed by atoms with van der Waals surface area (Å²) in [7, 11) is -16.0. The van der Waals surface area contributed by atoms with Crippen LogP contribution in [0.15, 0.2) is 259 Å². The van der Waals surface area contributed by atoms with Gasteiger partial charge in [0.15, 0.2) is 11.5 Å². The number of rotatable bonds is 21. The van der Waals surface area contributed by atoms with Crippen LogP contribution in [0.4, 0.5) is 35.1 Å². The number of carbonyl (C=O) groups excluding carboxylic acids is 4. The lowest BCUT2D eigenvalue weighted by atomic mass is 10.00. The topological polar surface area (TPSA) is 458 Å². The van der Waals surface area contributed by atoms with Gasteiger partial charge in [-0.1, -0.05) is 42.5 Å². The zero-order chi connectivity index (χ0) is 100. The third-order valence-electron chi connectivity index (χ3n) is 22.7. The van der Waals surface area contributed by atoms with Crippen molar-refractivity contribution in [3.05, 3.63) is 358 Å². The van der Waals surface area contributed by atoms with Crippen LogP contribution < -0.4 is 55.3 Å². The predicted octanol–water partition coefficient (Wildman–Crippen LogP) is 13.9. The summed E-state index contributed by atoms with van der Waals surface area (Å²) in [6, 6.07) is 45.7. The lowest BCUT2D eigenvalue weighted by molar-refractivity contribution is -0.286. The maximum Gasteiger partial charge on any atom is 0.586 e. The van der Waals surface area contributed by atoms with E-state index in [0.29, 0.717) is 73.4 Å². The summed E-state index contributed by atoms with van der Waals surface area (Å²) in [6.45, 7) is 0.721. The normalized spacial score (nSPS) is 12.7. The molecule has 0 fully saturated rings. The molecule has 2 aliphatic rings. The van der Waals surface area contributed by atoms with Gasteiger partial charge in [-0.2, -0.15) is 0 Å². The highest BCUT2D eigenvalue weighted by Gasteiger charge is 2.47. The molecule has 18 aromatic rings. The molecule has 45 heteroatoms. The van der Waals surface area contributed by atoms with E-state index in [1.54, 1.807) is 91.0 Å². The zero-order valence-corrected chi connectivity index (χ0v) is 76.7. The van der Waals surface area contributed by atoms with Gasteiger partial charge in [-0.15, -0.1) is 8.78 Å². The van der Waals surface area contributed by atoms with E-state index in [9.17, 15) is 107 Å². The maximum absolute atomic E-state index is 14.7. The van der Waals surface area contributed by atoms with Crippen LogP contribution in [0.3, 0.4) is 0 Å². The van der Waals surface area contributed by atoms with E-state index in [-0.39, 0.29) is 138 Å². The van der Waals surface area contributed by atoms with Gasteiger partial charge >= 0.3 is 6.29 Å². The van der Waals surface area contributed by atoms with Crippen molar-refractivity contribution in [1.29, 1.82) is 0 Å². The van der Waals surface area contributed by atoms with E-state index in [0.717, 1.165) is 60.7 Å². The van der Waals surface area contributed by atoms with Crippen LogP contribution in [0.1, 0.15) is 76.7 Å². The molecule has 0 bridgehead atoms. The Bertz CT molecular complexity index is 9010. The highest BCUT2D eigenvalue weighted by atomic mass is 32.2. The summed E-state index contributed by atoms with van der Waals surface area (Å²) < 4.78 is 250. The van der Waals surface area contributed by atoms with Gasteiger partial charge in [-0.05, 0) is 164 Å². The van der Waals surface area contributed by atoms with Gasteiger partial charge in [0, 0.05) is 97.4 Å². The first-order chi connectivity index (χ1) is 67.0. The number of sulfonamides is 4. The van der Waals surface area contributed by atoms with Crippen LogP contribution in [0, 0.1) is 34.9 Å². The number of alkyl halides is 2. The van der Waals surface area contributed by atoms with Crippen LogP contribution in [0.2, 0.25) is 0 Å². The number of furan rings is 2. The van der Waals surface area contributed by atoms with Crippen molar-refractivity contribution < 1.29 is 111 Å². The number of hydrogen-bond acceptors (Lipinski definition) is 21. The van der Waals surface area contributed by atoms with Gasteiger partial charge < -0.3 is 61.2 Å². The smallest absolute Gasteiger partial charge is 0.492 e. The van der Waals surface area contributed by atoms with Crippen LogP contribution in [0.5, 0.6) is 17.2 Å². The quantitative estimate of drug-likeness (QED) is 0.0310. The molecule has 8 aromatic carbocycles. The molecule has 141 heavy (non-hydrogen) atoms. The van der Waals surface area contributed by atoms with Crippen LogP contribution in [-0.2, 0) is 72.7 Å². The molecule has 0 unspecified atom stereocenters. The van der Waals surface area contributed by atoms with E-state index in [1.165, 1.54) is 129 Å². The number of pyridine rings is 4. The summed E-state index contributed by atoms with van der Waals surface area (Å²) in [5, 5.41) is 2.45. The summed E-state index contributed by atoms with van der Waals surface area (Å²) in [4.78, 5) is 115. The molecular formula is C96H72F8N12O21S4. The van der Waals surface area contributed by atoms with Gasteiger partial charge in [0.1, 0.15) is 74.6 Å². The molecule has 722 valence electrons. The van der Waals surface area contributed by atoms with E-state index < -0.39 is 133 Å². The number of ether oxygens (including phenoxy) is 3. The summed E-state index contributed by atoms with van der Waals surface area (Å²) in [6.07, 6.45) is 7.52. The molecule has 4 amide bonds. The van der Waals surface area contributed by atoms with Gasteiger partial charge in [-0.3, -0.25) is 38.4 Å². The molecule has 0 saturated heterocycles. The van der Waals surface area contributed by atoms with Crippen LogP contribution >= 0.6 is 0 Å². The second kappa shape index (κ2) is 37.7. The minimum absolute atomic E-state index is 0.0646. The molecule has 0 aliphatic carbocycles. The largest absolute Gasteiger partial charge is 0.586 e. The van der Waals surface area contributed by atoms with Gasteiger partial charge in [-0.25, -0.2) is 78.9 Å². The third kappa shape index (κ3) is 19.3. The number of aromatic nitrogens is 8. The van der Waals surface area contributed by atoms with Gasteiger partial charge in [0.2, 0.25) is 40.1 Å². The van der Waals surface area contributed by atoms with Crippen molar-refractivity contribution in [3.8, 4) is 61.8 Å². The monoisotopic (exact) mass is 2010 g/mol. The molecule has 0 spiro atoms. The Kier molecular flexibility index (Phi) is 25.7. The average Bonchev–Trinajstić information content (AvgIpc) is 1.55. The van der Waals surface area contributed by atoms with Gasteiger partial charge in [0.25, 0.3) is 45.9 Å². The number of H-pyrrole nitrogens is 4. The number of benzene rings is 8. The average molecular weight is 2010 g/mol. The first-order valence-electron chi connectivity index (χ1n) is 42.0. The minimum Gasteiger partial charge on any atom is -0.492 e. The molecule has 33 nitrogen and oxygen atoms in total. The van der Waals surface area contributed by atoms with E-state index >= 15 is 0 Å². The number of halogens is 8. The Morgan fingerprint density at radius 2 is 0.780 bits per heavy atom. The predicted molar refractivity (Wildman–Crippen MR) is 503 cm³/mol. The van der Waals surface area contributed by atoms with Crippen LogP contribution in [0.25, 0.3) is 110 Å². The Balaban J connectivity index is 0.000000130. The highest BCUT2D eigenvalue weighted by Crippen LogP contribution is 2.52. The fourth-order valence-corrected chi connectivity index (χ4v) is 18.8. The molecule has 20 rings (SSSR count). The summed E-state index contributed by atoms with van der Waals surface area (Å²) >= 11 is 0. The van der Waals surface area contributed by atoms with Crippen molar-refractivity contribution in [1.82, 2.24) is 57.1 Å². The van der Waals surface area contributed by atoms with Crippen molar-refractivity contribution in [2.45, 2.75) is 45.8 Å². The minimum atomic E-state index is -4.09. The number of nitrogens with one attached hydrogen (secondary N) is 8. The lowest BCUT2D eigenvalue weighted by Gasteiger charge is -2.13. The number of nitrogens with zero attached hydrogens (tertiary/aromatic N) is 4. The number of aromatic amines is 4. The molecule has 10 aromatic heterocycles. The number of fused-ring (bicyclic) bond motifs is 12. The molecule has 0 radical (unpaired) electrons. The highest BCUT2D eigenvalue weighted by molar-refractivity contribution is 7.90. The third-order valence-corrected chi connectivity index (χ3v) is 25.6. The van der Waals surface area contributed by atoms with E-state index in [1.807, 2.05) is 18.9 Å². The summed E-state index contributed by atoms with van der Waals surface area (Å²) in [5.41, 5.74) is 0.659. The Hall–Kier alpha value is -16.7. The molecule has 12 heterocycles. The standard InChI is InChI=1S/C25H19F2N3O5S.C24H19F2N3O5S.C24H18FN3O5S.C23H16F3N3O6S/c1-2-36(33,34)29-25(32)22-20(17-4-3-10-28-24(17)31)21-19(8-5-14-9-11-35-23(14)21)30(22)13-15-12-16(26)6-7-18(15)27;1-35(32,33)28-24(31)21-19(16-3-2-9-27-23(16)30)20-18(7-4-13-8-10-34-22(13)20)29(21)12-14-11-15(25)5-6-17(14)26;1-34(31,32)27-24(30)22-21(16-6-4-11-26-23(16)29)20-15-10-12-33-19(15)9-8-18(20)28(22)13-14-5-2-3-7-17(14)25;1-36(32,33)28-22(31)19-17(13-6-4-10-27-21(13)30)18-15(8-9-16-20(18)35-23(25,26)34-16)29(19)11-12-5-2-3-7-14(12)24/h3-12H,2,13H2,1H3,(H,28,31)(H,29,32);2-7,9,11H,8,10,12H2,1H3,(H,27,30)(H,28,31);2-12H,13H2,1H3,(H,26,29)(H,27,30);2-10H,11H2,1H3,(H,27,30)(H,28,31). The Morgan fingerprint density at radius 1 is 0.397 bits per heavy atom. The van der Waals surface area contributed by atoms with E-state index in [2.05, 4.69) is 24.7 Å². The second-order valence-electron chi connectivity index (χ2n) is 32.1. The number of carbonyl (C=O) groups is 4. The Morgan fingerprint density at radius 3 is 1.23 bits per heavy atom. The molecule has 0 atom stereocenters. The SMILES string of the molecule is CCS(=O)(=O)NC(=O)c1c(-c2ccc[nH]c2=O)c2c3occc3ccc2n1Cc1cc(F)ccc1F.CS(=O)(=O)NC(=O)c1c(-c2ccc[nH]c2=O)c2c3c(ccc2n1Cc1cc(F)ccc1F)CCO3.CS(=O)(=O)NC(=O)c1c(-c2ccc[nH]c2=O)c2c3c(ccc2n1Cc1ccccc1F)OC(F)(F)O3.CS(=O)(=O)NC(=O)c1c(-c2ccc[nH]c2=O)c2c3ccoc3ccc2n1Cc1ccccc1F. The fourth-order valence-electron chi connectivity index (χ4n) is 17.0. The molecule has 8 N–H and O–H groups in total. The zero-order valence-electron chi connectivity index (χ0n) is 73.4. The maximum atomic E-state index is 14.7. The number of hydrogen-bond donors (Lipinski definition) is 8. The second-order valence-corrected chi connectivity index (χ2v) is 39.3. The van der Waals surface area contributed by atoms with Gasteiger partial charge in [0.05, 0.1) is 125 Å². The number of amides is 4. The molecule has 0 saturated carbocycles. The molecular weight excluding hydrogens is 1940 g/mol. The van der Waals surface area contributed by atoms with Crippen LogP contribution in [-0.4, -0.2) is 133 Å². The van der Waals surface area contributed by atoms with Crippen molar-refractivity contribution in [2.24, 2.45) is 0 Å². The van der Waals surface area contributed by atoms with Crippen molar-refractivity contribution >= 4 is 129 Å². The van der Waals surface area contributed by atoms with Crippen molar-refractivity contribution in [3.63, 3.8) is 0 Å². The summed E-state index contributed by atoms with van der Waals surface area (Å²) in [5.74, 6) is -8.80. The Labute approximate surface area is 789 Å².